The summed E-state index contributed by atoms with van der Waals surface area (Å²) in [6.07, 6.45) is 17.0. The summed E-state index contributed by atoms with van der Waals surface area (Å²) in [5.41, 5.74) is 27.0. The molecule has 0 saturated heterocycles. The number of hydrogen-bond donors (Lipinski definition) is 3. The lowest BCUT2D eigenvalue weighted by Gasteiger charge is -2.05. The number of anilines is 3. The highest BCUT2D eigenvalue weighted by atomic mass is 32.1. The summed E-state index contributed by atoms with van der Waals surface area (Å²) in [6, 6.07) is 69.6. The molecule has 8 aromatic heterocycles. The van der Waals surface area contributed by atoms with Crippen molar-refractivity contribution in [2.75, 3.05) is 44.2 Å². The number of ether oxygens (including phenoxy) is 1. The molecule has 18 heteroatoms. The zero-order chi connectivity index (χ0) is 71.8. The Hall–Kier alpha value is -11.2. The summed E-state index contributed by atoms with van der Waals surface area (Å²) in [6.45, 7) is 14.6. The van der Waals surface area contributed by atoms with Crippen LogP contribution in [0.1, 0.15) is 38.9 Å². The molecular weight excluding hydrogens is 1330 g/mol. The van der Waals surface area contributed by atoms with Gasteiger partial charge in [-0.2, -0.15) is 0 Å². The zero-order valence-electron chi connectivity index (χ0n) is 58.8. The number of H-pyrrole nitrogens is 1. The monoisotopic (exact) mass is 1410 g/mol. The Balaban J connectivity index is 0.000000137. The summed E-state index contributed by atoms with van der Waals surface area (Å²) < 4.78 is 8.69. The van der Waals surface area contributed by atoms with E-state index in [1.807, 2.05) is 122 Å². The second kappa shape index (κ2) is 36.6. The van der Waals surface area contributed by atoms with Crippen molar-refractivity contribution in [3.05, 3.63) is 322 Å². The van der Waals surface area contributed by atoms with E-state index in [-0.39, 0.29) is 11.1 Å². The van der Waals surface area contributed by atoms with E-state index in [2.05, 4.69) is 235 Å². The Kier molecular flexibility index (Phi) is 26.9. The fraction of sp³-hybridized carbons (Fsp3) is 0.145. The number of nitrogen functional groups attached to an aromatic ring is 1. The van der Waals surface area contributed by atoms with E-state index in [1.165, 1.54) is 99.5 Å². The molecule has 4 N–H and O–H groups in total. The molecule has 0 bridgehead atoms. The molecule has 0 atom stereocenters. The van der Waals surface area contributed by atoms with Crippen molar-refractivity contribution in [3.8, 4) is 80.3 Å². The summed E-state index contributed by atoms with van der Waals surface area (Å²) in [7, 11) is 9.32. The van der Waals surface area contributed by atoms with E-state index in [0.29, 0.717) is 10.3 Å². The van der Waals surface area contributed by atoms with Crippen molar-refractivity contribution in [2.45, 2.75) is 48.5 Å². The van der Waals surface area contributed by atoms with Gasteiger partial charge in [-0.15, -0.1) is 0 Å². The fourth-order valence-electron chi connectivity index (χ4n) is 10.1. The van der Waals surface area contributed by atoms with Gasteiger partial charge in [0.25, 0.3) is 5.19 Å². The number of nitrogens with zero attached hydrogens (tertiary/aromatic N) is 8. The van der Waals surface area contributed by atoms with Gasteiger partial charge in [-0.25, -0.2) is 24.9 Å². The second-order valence-corrected chi connectivity index (χ2v) is 28.0. The molecule has 8 heterocycles. The molecule has 7 aromatic carbocycles. The quantitative estimate of drug-likeness (QED) is 0.119. The van der Waals surface area contributed by atoms with Crippen LogP contribution in [0.25, 0.3) is 80.8 Å². The van der Waals surface area contributed by atoms with Crippen molar-refractivity contribution in [3.63, 3.8) is 0 Å². The number of methoxy groups -OCH3 is 1. The van der Waals surface area contributed by atoms with Crippen molar-refractivity contribution >= 4 is 66.4 Å². The smallest absolute Gasteiger partial charge is 0.273 e. The summed E-state index contributed by atoms with van der Waals surface area (Å²) in [4.78, 5) is 52.5. The first kappa shape index (κ1) is 74.1. The van der Waals surface area contributed by atoms with E-state index >= 15 is 0 Å². The second-order valence-electron chi connectivity index (χ2n) is 23.9. The van der Waals surface area contributed by atoms with Crippen LogP contribution in [0.4, 0.5) is 15.4 Å². The van der Waals surface area contributed by atoms with Crippen LogP contribution in [-0.2, 0) is 7.05 Å². The molecule has 0 radical (unpaired) electrons. The van der Waals surface area contributed by atoms with Crippen molar-refractivity contribution in [2.24, 2.45) is 7.05 Å². The number of fused-ring (bicyclic) bond motifs is 1. The lowest BCUT2D eigenvalue weighted by Crippen LogP contribution is -2.13. The van der Waals surface area contributed by atoms with Gasteiger partial charge in [0.1, 0.15) is 5.65 Å². The number of rotatable bonds is 10. The minimum atomic E-state index is -0.0681. The van der Waals surface area contributed by atoms with Gasteiger partial charge in [-0.05, 0) is 128 Å². The Morgan fingerprint density at radius 3 is 1.28 bits per heavy atom. The molecule has 15 aromatic rings. The molecule has 0 aliphatic heterocycles. The molecule has 0 unspecified atom stereocenters. The number of aromatic nitrogens is 8. The van der Waals surface area contributed by atoms with Crippen LogP contribution < -0.4 is 31.8 Å². The third kappa shape index (κ3) is 22.4. The molecule has 15 rings (SSSR count). The number of nitrogens with one attached hydrogen (secondary N) is 2. The van der Waals surface area contributed by atoms with Crippen LogP contribution in [-0.4, -0.2) is 67.1 Å². The average Bonchev–Trinajstić information content (AvgIpc) is 1.82. The highest BCUT2D eigenvalue weighted by molar-refractivity contribution is 7.19. The number of aromatic amines is 1. The Morgan fingerprint density at radius 2 is 0.861 bits per heavy atom. The minimum Gasteiger partial charge on any atom is -0.473 e. The first-order valence-corrected chi connectivity index (χ1v) is 35.8. The van der Waals surface area contributed by atoms with Crippen molar-refractivity contribution in [1.82, 2.24) is 38.9 Å². The molecule has 101 heavy (non-hydrogen) atoms. The van der Waals surface area contributed by atoms with Gasteiger partial charge in [0.05, 0.1) is 26.6 Å². The first-order chi connectivity index (χ1) is 48.7. The van der Waals surface area contributed by atoms with E-state index in [0.717, 1.165) is 47.9 Å². The van der Waals surface area contributed by atoms with E-state index in [4.69, 9.17) is 10.5 Å². The van der Waals surface area contributed by atoms with Crippen molar-refractivity contribution < 1.29 is 4.74 Å². The Bertz CT molecular complexity index is 5150. The van der Waals surface area contributed by atoms with Gasteiger partial charge >= 0.3 is 0 Å². The highest BCUT2D eigenvalue weighted by Crippen LogP contribution is 2.33. The summed E-state index contributed by atoms with van der Waals surface area (Å²) >= 11 is 6.47. The van der Waals surface area contributed by atoms with Crippen LogP contribution in [0.15, 0.2) is 272 Å². The molecule has 0 saturated carbocycles. The molecular formula is C83H83N11O3S4. The number of hydrogen-bond acceptors (Lipinski definition) is 15. The van der Waals surface area contributed by atoms with E-state index in [9.17, 15) is 9.59 Å². The van der Waals surface area contributed by atoms with Crippen LogP contribution in [0.2, 0.25) is 0 Å². The predicted octanol–water partition coefficient (Wildman–Crippen LogP) is 20.2. The minimum absolute atomic E-state index is 0.0198. The number of pyridine rings is 3. The molecule has 0 spiro atoms. The third-order valence-corrected chi connectivity index (χ3v) is 19.5. The van der Waals surface area contributed by atoms with E-state index in [1.54, 1.807) is 65.0 Å². The topological polar surface area (TPSA) is 174 Å². The number of benzene rings is 7. The summed E-state index contributed by atoms with van der Waals surface area (Å²) in [5, 5.41) is 6.38. The highest BCUT2D eigenvalue weighted by Gasteiger charge is 2.09. The number of aryl methyl sites for hydroxylation is 8. The molecule has 512 valence electrons. The third-order valence-electron chi connectivity index (χ3n) is 15.3. The van der Waals surface area contributed by atoms with Crippen LogP contribution in [0, 0.1) is 48.5 Å². The largest absolute Gasteiger partial charge is 0.473 e. The van der Waals surface area contributed by atoms with Gasteiger partial charge in [0, 0.05) is 96.1 Å². The fourth-order valence-corrected chi connectivity index (χ4v) is 13.2. The number of thiazole rings is 4. The Labute approximate surface area is 607 Å². The van der Waals surface area contributed by atoms with Gasteiger partial charge < -0.3 is 34.6 Å². The first-order valence-electron chi connectivity index (χ1n) is 32.5. The van der Waals surface area contributed by atoms with E-state index < -0.39 is 0 Å². The maximum absolute atomic E-state index is 11.2. The Morgan fingerprint density at radius 1 is 0.446 bits per heavy atom. The lowest BCUT2D eigenvalue weighted by atomic mass is 10.1. The van der Waals surface area contributed by atoms with Gasteiger partial charge in [0.2, 0.25) is 11.1 Å². The number of nitrogens with two attached hydrogens (primary N) is 1. The van der Waals surface area contributed by atoms with Crippen molar-refractivity contribution in [1.29, 1.82) is 0 Å². The van der Waals surface area contributed by atoms with Crippen LogP contribution >= 0.6 is 45.3 Å². The van der Waals surface area contributed by atoms with Crippen LogP contribution in [0.5, 0.6) is 5.19 Å². The molecule has 0 aliphatic rings. The molecule has 0 aliphatic carbocycles. The molecule has 14 nitrogen and oxygen atoms in total. The molecule has 0 fully saturated rings. The zero-order valence-corrected chi connectivity index (χ0v) is 62.1. The predicted molar refractivity (Wildman–Crippen MR) is 428 cm³/mol. The standard InChI is InChI=1S/C14H12N2.C13H13NO.C12H14N2S.C12H11NO.C11H12N2S.C11H11NOS.C10H10N2S/c1-11-3-2-4-12(9-11)13-5-6-14-15-7-8-16(14)10-13;1-10-4-3-5-11(8-10)12-6-7-13(15)14(2)9-12;1-9-5-4-6-10(7-9)11-8-13-12(15-11)14(2)3;1-9-3-2-4-10(7-9)11-5-6-12(14)13-8-11;1-8-4-3-5-9(6-8)10-7-13-11(12-2)14-10;1-8-4-3-5-9(6-8)10-7-12-11(13-2)14-10;1-7-3-2-4-8(5-7)9-6-12-10(11)13-9/h2-10H,1H3;3-9H,1-2H3;4-8H,1-3H3;2-8H,1H3,(H,13,14);3-7H,1-2H3,(H,12,13);3-7H,1-2H3;2-6H,1H3,(H2,11,12). The maximum atomic E-state index is 11.2. The van der Waals surface area contributed by atoms with Gasteiger partial charge in [0.15, 0.2) is 15.4 Å². The SMILES string of the molecule is CNc1ncc(-c2cccc(C)c2)s1.COc1ncc(-c2cccc(C)c2)s1.Cc1cccc(-c2ccc(=O)[nH]c2)c1.Cc1cccc(-c2ccc(=O)n(C)c2)c1.Cc1cccc(-c2ccc3nccn3c2)c1.Cc1cccc(-c2cnc(N(C)C)s2)c1.Cc1cccc(-c2cnc(N)s2)c1. The summed E-state index contributed by atoms with van der Waals surface area (Å²) in [5.74, 6) is 0. The normalized spacial score (nSPS) is 10.3. The van der Waals surface area contributed by atoms with Gasteiger partial charge in [-0.3, -0.25) is 9.59 Å². The lowest BCUT2D eigenvalue weighted by molar-refractivity contribution is 0.412. The average molecular weight is 1410 g/mol. The maximum Gasteiger partial charge on any atom is 0.273 e. The molecule has 0 amide bonds. The van der Waals surface area contributed by atoms with Gasteiger partial charge in [-0.1, -0.05) is 254 Å². The van der Waals surface area contributed by atoms with Crippen LogP contribution in [0.3, 0.4) is 0 Å². The number of imidazole rings is 1.